The van der Waals surface area contributed by atoms with Crippen LogP contribution in [0.3, 0.4) is 0 Å². The zero-order valence-corrected chi connectivity index (χ0v) is 19.8. The molecule has 0 radical (unpaired) electrons. The predicted molar refractivity (Wildman–Crippen MR) is 127 cm³/mol. The molecule has 9 nitrogen and oxygen atoms in total. The SMILES string of the molecule is CCOc1cc(C2=NN(Cc3ccc(NC(=O)C(=O)OC)cc3)C(=O)CC2CC)ccc1OC. The quantitative estimate of drug-likeness (QED) is 0.471. The third kappa shape index (κ3) is 5.72. The summed E-state index contributed by atoms with van der Waals surface area (Å²) < 4.78 is 15.5. The van der Waals surface area contributed by atoms with Gasteiger partial charge in [0, 0.05) is 23.6 Å². The van der Waals surface area contributed by atoms with Crippen molar-refractivity contribution < 1.29 is 28.6 Å². The Hall–Kier alpha value is -3.88. The predicted octanol–water partition coefficient (Wildman–Crippen LogP) is 3.37. The van der Waals surface area contributed by atoms with E-state index in [0.717, 1.165) is 30.4 Å². The van der Waals surface area contributed by atoms with E-state index in [1.165, 1.54) is 5.01 Å². The molecular weight excluding hydrogens is 438 g/mol. The van der Waals surface area contributed by atoms with Gasteiger partial charge in [-0.05, 0) is 49.2 Å². The summed E-state index contributed by atoms with van der Waals surface area (Å²) in [4.78, 5) is 35.7. The van der Waals surface area contributed by atoms with Crippen LogP contribution in [-0.2, 0) is 25.7 Å². The van der Waals surface area contributed by atoms with E-state index in [1.807, 2.05) is 32.0 Å². The molecule has 0 fully saturated rings. The van der Waals surface area contributed by atoms with Crippen LogP contribution in [-0.4, -0.2) is 49.3 Å². The van der Waals surface area contributed by atoms with Gasteiger partial charge in [-0.1, -0.05) is 19.1 Å². The lowest BCUT2D eigenvalue weighted by atomic mass is 9.89. The van der Waals surface area contributed by atoms with Gasteiger partial charge in [-0.15, -0.1) is 0 Å². The zero-order valence-electron chi connectivity index (χ0n) is 19.8. The molecular formula is C25H29N3O6. The van der Waals surface area contributed by atoms with Crippen LogP contribution >= 0.6 is 0 Å². The second kappa shape index (κ2) is 11.3. The molecule has 1 atom stereocenters. The van der Waals surface area contributed by atoms with Crippen LogP contribution in [0.25, 0.3) is 0 Å². The zero-order chi connectivity index (χ0) is 24.7. The fraction of sp³-hybridized carbons (Fsp3) is 0.360. The Kier molecular flexibility index (Phi) is 8.24. The number of benzene rings is 2. The van der Waals surface area contributed by atoms with E-state index >= 15 is 0 Å². The molecule has 2 aromatic carbocycles. The molecule has 1 aliphatic rings. The second-order valence-electron chi connectivity index (χ2n) is 7.69. The molecule has 180 valence electrons. The normalized spacial score (nSPS) is 15.4. The summed E-state index contributed by atoms with van der Waals surface area (Å²) in [6.07, 6.45) is 1.14. The van der Waals surface area contributed by atoms with Crippen molar-refractivity contribution >= 4 is 29.2 Å². The number of amides is 2. The molecule has 0 aromatic heterocycles. The summed E-state index contributed by atoms with van der Waals surface area (Å²) in [6, 6.07) is 12.5. The fourth-order valence-electron chi connectivity index (χ4n) is 3.68. The van der Waals surface area contributed by atoms with Crippen LogP contribution in [0.15, 0.2) is 47.6 Å². The molecule has 0 saturated carbocycles. The Morgan fingerprint density at radius 3 is 2.44 bits per heavy atom. The number of methoxy groups -OCH3 is 2. The molecule has 0 bridgehead atoms. The van der Waals surface area contributed by atoms with Gasteiger partial charge in [-0.2, -0.15) is 5.10 Å². The first-order chi connectivity index (χ1) is 16.4. The molecule has 9 heteroatoms. The first-order valence-electron chi connectivity index (χ1n) is 11.1. The van der Waals surface area contributed by atoms with Crippen molar-refractivity contribution in [2.24, 2.45) is 11.0 Å². The number of carbonyl (C=O) groups excluding carboxylic acids is 3. The molecule has 3 rings (SSSR count). The minimum absolute atomic E-state index is 0.00234. The fourth-order valence-corrected chi connectivity index (χ4v) is 3.68. The standard InChI is InChI=1S/C25H29N3O6/c1-5-17-14-22(29)28(15-16-7-10-19(11-8-16)26-24(30)25(31)33-4)27-23(17)18-9-12-20(32-3)21(13-18)34-6-2/h7-13,17H,5-6,14-15H2,1-4H3,(H,26,30). The summed E-state index contributed by atoms with van der Waals surface area (Å²) in [6.45, 7) is 4.73. The maximum absolute atomic E-state index is 12.8. The Morgan fingerprint density at radius 1 is 1.09 bits per heavy atom. The molecule has 1 unspecified atom stereocenters. The summed E-state index contributed by atoms with van der Waals surface area (Å²) in [5.74, 6) is -0.608. The van der Waals surface area contributed by atoms with Gasteiger partial charge < -0.3 is 19.5 Å². The van der Waals surface area contributed by atoms with E-state index < -0.39 is 11.9 Å². The van der Waals surface area contributed by atoms with Crippen molar-refractivity contribution in [3.05, 3.63) is 53.6 Å². The van der Waals surface area contributed by atoms with Crippen molar-refractivity contribution in [3.63, 3.8) is 0 Å². The molecule has 0 spiro atoms. The Labute approximate surface area is 198 Å². The molecule has 0 saturated heterocycles. The Morgan fingerprint density at radius 2 is 1.82 bits per heavy atom. The number of hydrogen-bond acceptors (Lipinski definition) is 7. The molecule has 1 aliphatic heterocycles. The lowest BCUT2D eigenvalue weighted by Crippen LogP contribution is -2.36. The van der Waals surface area contributed by atoms with Crippen LogP contribution in [0.2, 0.25) is 0 Å². The number of nitrogens with zero attached hydrogens (tertiary/aromatic N) is 2. The summed E-state index contributed by atoms with van der Waals surface area (Å²) >= 11 is 0. The van der Waals surface area contributed by atoms with Crippen molar-refractivity contribution in [1.82, 2.24) is 5.01 Å². The number of nitrogens with one attached hydrogen (secondary N) is 1. The summed E-state index contributed by atoms with van der Waals surface area (Å²) in [5.41, 5.74) is 2.98. The van der Waals surface area contributed by atoms with Gasteiger partial charge in [0.05, 0.1) is 33.1 Å². The number of anilines is 1. The monoisotopic (exact) mass is 467 g/mol. The highest BCUT2D eigenvalue weighted by Gasteiger charge is 2.29. The number of hydrogen-bond donors (Lipinski definition) is 1. The van der Waals surface area contributed by atoms with Crippen molar-refractivity contribution in [1.29, 1.82) is 0 Å². The summed E-state index contributed by atoms with van der Waals surface area (Å²) in [7, 11) is 2.74. The molecule has 2 amide bonds. The topological polar surface area (TPSA) is 107 Å². The van der Waals surface area contributed by atoms with Crippen LogP contribution in [0.4, 0.5) is 5.69 Å². The highest BCUT2D eigenvalue weighted by Crippen LogP contribution is 2.32. The van der Waals surface area contributed by atoms with Crippen LogP contribution < -0.4 is 14.8 Å². The number of ether oxygens (including phenoxy) is 3. The van der Waals surface area contributed by atoms with Gasteiger partial charge in [0.1, 0.15) is 0 Å². The van der Waals surface area contributed by atoms with Gasteiger partial charge in [-0.25, -0.2) is 9.80 Å². The number of rotatable bonds is 8. The highest BCUT2D eigenvalue weighted by molar-refractivity contribution is 6.37. The Balaban J connectivity index is 1.83. The van der Waals surface area contributed by atoms with E-state index in [-0.39, 0.29) is 18.4 Å². The van der Waals surface area contributed by atoms with Gasteiger partial charge in [0.2, 0.25) is 5.91 Å². The number of hydrazone groups is 1. The van der Waals surface area contributed by atoms with E-state index in [2.05, 4.69) is 10.1 Å². The third-order valence-electron chi connectivity index (χ3n) is 5.49. The van der Waals surface area contributed by atoms with E-state index in [1.54, 1.807) is 31.4 Å². The minimum atomic E-state index is -0.971. The lowest BCUT2D eigenvalue weighted by molar-refractivity contribution is -0.150. The van der Waals surface area contributed by atoms with Crippen molar-refractivity contribution in [2.45, 2.75) is 33.2 Å². The maximum atomic E-state index is 12.8. The molecule has 34 heavy (non-hydrogen) atoms. The van der Waals surface area contributed by atoms with Gasteiger partial charge in [0.15, 0.2) is 11.5 Å². The Bertz CT molecular complexity index is 1080. The second-order valence-corrected chi connectivity index (χ2v) is 7.69. The van der Waals surface area contributed by atoms with Gasteiger partial charge >= 0.3 is 11.9 Å². The minimum Gasteiger partial charge on any atom is -0.493 e. The van der Waals surface area contributed by atoms with E-state index in [0.29, 0.717) is 30.2 Å². The van der Waals surface area contributed by atoms with Gasteiger partial charge in [-0.3, -0.25) is 9.59 Å². The maximum Gasteiger partial charge on any atom is 0.396 e. The summed E-state index contributed by atoms with van der Waals surface area (Å²) in [5, 5.41) is 8.64. The smallest absolute Gasteiger partial charge is 0.396 e. The van der Waals surface area contributed by atoms with Crippen LogP contribution in [0.1, 0.15) is 37.8 Å². The average molecular weight is 468 g/mol. The van der Waals surface area contributed by atoms with E-state index in [4.69, 9.17) is 14.6 Å². The van der Waals surface area contributed by atoms with Crippen LogP contribution in [0.5, 0.6) is 11.5 Å². The molecule has 1 N–H and O–H groups in total. The van der Waals surface area contributed by atoms with Crippen molar-refractivity contribution in [3.8, 4) is 11.5 Å². The first kappa shape index (κ1) is 24.8. The van der Waals surface area contributed by atoms with Gasteiger partial charge in [0.25, 0.3) is 0 Å². The third-order valence-corrected chi connectivity index (χ3v) is 5.49. The first-order valence-corrected chi connectivity index (χ1v) is 11.1. The van der Waals surface area contributed by atoms with E-state index in [9.17, 15) is 14.4 Å². The molecule has 2 aromatic rings. The lowest BCUT2D eigenvalue weighted by Gasteiger charge is -2.29. The highest BCUT2D eigenvalue weighted by atomic mass is 16.5. The number of carbonyl (C=O) groups is 3. The molecule has 0 aliphatic carbocycles. The van der Waals surface area contributed by atoms with Crippen molar-refractivity contribution in [2.75, 3.05) is 26.1 Å². The largest absolute Gasteiger partial charge is 0.493 e. The average Bonchev–Trinajstić information content (AvgIpc) is 2.85. The molecule has 1 heterocycles. The van der Waals surface area contributed by atoms with Crippen LogP contribution in [0, 0.1) is 5.92 Å². The number of esters is 1.